The van der Waals surface area contributed by atoms with E-state index in [0.29, 0.717) is 12.8 Å². The summed E-state index contributed by atoms with van der Waals surface area (Å²) in [5, 5.41) is 9.38. The summed E-state index contributed by atoms with van der Waals surface area (Å²) >= 11 is 0. The first-order valence-corrected chi connectivity index (χ1v) is 5.48. The van der Waals surface area contributed by atoms with E-state index in [2.05, 4.69) is 32.9 Å². The average Bonchev–Trinajstić information content (AvgIpc) is 2.08. The first-order valence-electron chi connectivity index (χ1n) is 5.48. The van der Waals surface area contributed by atoms with E-state index in [1.807, 2.05) is 0 Å². The Kier molecular flexibility index (Phi) is 2.36. The van der Waals surface area contributed by atoms with Crippen LogP contribution in [0.5, 0.6) is 0 Å². The second-order valence-corrected chi connectivity index (χ2v) is 4.97. The van der Waals surface area contributed by atoms with Crippen LogP contribution < -0.4 is 5.73 Å². The van der Waals surface area contributed by atoms with Crippen LogP contribution in [-0.4, -0.2) is 11.2 Å². The third kappa shape index (κ3) is 1.68. The van der Waals surface area contributed by atoms with Crippen molar-refractivity contribution in [2.45, 2.75) is 45.3 Å². The van der Waals surface area contributed by atoms with Crippen LogP contribution in [0.3, 0.4) is 0 Å². The highest BCUT2D eigenvalue weighted by molar-refractivity contribution is 5.41. The van der Waals surface area contributed by atoms with Crippen LogP contribution in [0.25, 0.3) is 0 Å². The van der Waals surface area contributed by atoms with Gasteiger partial charge in [-0.15, -0.1) is 0 Å². The van der Waals surface area contributed by atoms with Crippen molar-refractivity contribution in [3.63, 3.8) is 0 Å². The Morgan fingerprint density at radius 2 is 1.67 bits per heavy atom. The van der Waals surface area contributed by atoms with E-state index < -0.39 is 0 Å². The minimum atomic E-state index is -0.290. The first kappa shape index (κ1) is 10.7. The lowest BCUT2D eigenvalue weighted by Gasteiger charge is -2.43. The lowest BCUT2D eigenvalue weighted by atomic mass is 9.69. The Labute approximate surface area is 91.1 Å². The summed E-state index contributed by atoms with van der Waals surface area (Å²) in [5.74, 6) is 0. The highest BCUT2D eigenvalue weighted by Gasteiger charge is 2.42. The number of hydrogen-bond acceptors (Lipinski definition) is 2. The van der Waals surface area contributed by atoms with Crippen molar-refractivity contribution in [2.75, 3.05) is 0 Å². The van der Waals surface area contributed by atoms with E-state index in [1.165, 1.54) is 22.3 Å². The van der Waals surface area contributed by atoms with Crippen molar-refractivity contribution in [1.29, 1.82) is 0 Å². The predicted octanol–water partition coefficient (Wildman–Crippen LogP) is 1.92. The van der Waals surface area contributed by atoms with Gasteiger partial charge in [0.05, 0.1) is 6.10 Å². The van der Waals surface area contributed by atoms with Crippen LogP contribution >= 0.6 is 0 Å². The van der Waals surface area contributed by atoms with Crippen molar-refractivity contribution in [3.8, 4) is 0 Å². The molecule has 0 spiro atoms. The minimum absolute atomic E-state index is 0.212. The number of rotatable bonds is 1. The van der Waals surface area contributed by atoms with Crippen molar-refractivity contribution < 1.29 is 5.11 Å². The zero-order valence-corrected chi connectivity index (χ0v) is 9.67. The van der Waals surface area contributed by atoms with Gasteiger partial charge in [-0.3, -0.25) is 0 Å². The molecule has 0 amide bonds. The molecule has 0 radical (unpaired) electrons. The molecule has 1 aliphatic rings. The smallest absolute Gasteiger partial charge is 0.0582 e. The molecule has 0 heterocycles. The van der Waals surface area contributed by atoms with Gasteiger partial charge in [0.2, 0.25) is 0 Å². The Morgan fingerprint density at radius 1 is 1.13 bits per heavy atom. The van der Waals surface area contributed by atoms with Gasteiger partial charge in [-0.1, -0.05) is 12.1 Å². The summed E-state index contributed by atoms with van der Waals surface area (Å²) in [7, 11) is 0. The molecule has 3 N–H and O–H groups in total. The third-order valence-corrected chi connectivity index (χ3v) is 3.58. The zero-order chi connectivity index (χ0) is 11.2. The molecule has 0 unspecified atom stereocenters. The van der Waals surface area contributed by atoms with Gasteiger partial charge in [0, 0.05) is 5.54 Å². The van der Waals surface area contributed by atoms with Crippen molar-refractivity contribution in [1.82, 2.24) is 0 Å². The Bertz CT molecular complexity index is 392. The molecule has 1 aliphatic carbocycles. The molecule has 0 saturated heterocycles. The summed E-state index contributed by atoms with van der Waals surface area (Å²) in [4.78, 5) is 0. The van der Waals surface area contributed by atoms with E-state index >= 15 is 0 Å². The summed E-state index contributed by atoms with van der Waals surface area (Å²) in [6, 6.07) is 4.36. The molecule has 2 heteroatoms. The molecule has 1 aromatic carbocycles. The molecule has 0 aliphatic heterocycles. The summed E-state index contributed by atoms with van der Waals surface area (Å²) < 4.78 is 0. The minimum Gasteiger partial charge on any atom is -0.393 e. The van der Waals surface area contributed by atoms with Gasteiger partial charge in [0.15, 0.2) is 0 Å². The van der Waals surface area contributed by atoms with Crippen molar-refractivity contribution in [3.05, 3.63) is 34.4 Å². The number of aryl methyl sites for hydroxylation is 3. The average molecular weight is 205 g/mol. The van der Waals surface area contributed by atoms with Crippen molar-refractivity contribution >= 4 is 0 Å². The van der Waals surface area contributed by atoms with Crippen molar-refractivity contribution in [2.24, 2.45) is 5.73 Å². The maximum absolute atomic E-state index is 9.38. The number of hydrogen-bond donors (Lipinski definition) is 2. The third-order valence-electron chi connectivity index (χ3n) is 3.58. The summed E-state index contributed by atoms with van der Waals surface area (Å²) in [6.45, 7) is 6.32. The van der Waals surface area contributed by atoms with Crippen LogP contribution in [0, 0.1) is 20.8 Å². The van der Waals surface area contributed by atoms with E-state index in [1.54, 1.807) is 0 Å². The SMILES string of the molecule is Cc1cc(C)c(C2(N)CC(O)C2)cc1C. The molecule has 1 aromatic rings. The number of nitrogens with two attached hydrogens (primary N) is 1. The predicted molar refractivity (Wildman–Crippen MR) is 61.8 cm³/mol. The Balaban J connectivity index is 2.41. The van der Waals surface area contributed by atoms with Gasteiger partial charge in [-0.25, -0.2) is 0 Å². The molecule has 0 atom stereocenters. The molecule has 2 rings (SSSR count). The zero-order valence-electron chi connectivity index (χ0n) is 9.67. The fraction of sp³-hybridized carbons (Fsp3) is 0.538. The lowest BCUT2D eigenvalue weighted by Crippen LogP contribution is -2.52. The van der Waals surface area contributed by atoms with Crippen LogP contribution in [0.1, 0.15) is 35.1 Å². The standard InChI is InChI=1S/C13H19NO/c1-8-4-10(3)12(5-9(8)2)13(14)6-11(15)7-13/h4-5,11,15H,6-7,14H2,1-3H3. The van der Waals surface area contributed by atoms with E-state index in [0.717, 1.165) is 0 Å². The topological polar surface area (TPSA) is 46.2 Å². The number of benzene rings is 1. The van der Waals surface area contributed by atoms with Crippen LogP contribution in [-0.2, 0) is 5.54 Å². The fourth-order valence-electron chi connectivity index (χ4n) is 2.50. The molecular formula is C13H19NO. The molecule has 1 fully saturated rings. The van der Waals surface area contributed by atoms with Crippen LogP contribution in [0.15, 0.2) is 12.1 Å². The molecule has 2 nitrogen and oxygen atoms in total. The second kappa shape index (κ2) is 3.32. The molecule has 1 saturated carbocycles. The van der Waals surface area contributed by atoms with Crippen LogP contribution in [0.2, 0.25) is 0 Å². The summed E-state index contributed by atoms with van der Waals surface area (Å²) in [5.41, 5.74) is 11.0. The van der Waals surface area contributed by atoms with Gasteiger partial charge in [-0.05, 0) is 55.9 Å². The van der Waals surface area contributed by atoms with Gasteiger partial charge >= 0.3 is 0 Å². The lowest BCUT2D eigenvalue weighted by molar-refractivity contribution is 0.0206. The largest absolute Gasteiger partial charge is 0.393 e. The molecule has 82 valence electrons. The Hall–Kier alpha value is -0.860. The summed E-state index contributed by atoms with van der Waals surface area (Å²) in [6.07, 6.45) is 1.17. The quantitative estimate of drug-likeness (QED) is 0.735. The van der Waals surface area contributed by atoms with E-state index in [4.69, 9.17) is 5.73 Å². The molecule has 15 heavy (non-hydrogen) atoms. The normalized spacial score (nSPS) is 30.1. The molecule has 0 bridgehead atoms. The first-order chi connectivity index (χ1) is 6.92. The maximum Gasteiger partial charge on any atom is 0.0582 e. The maximum atomic E-state index is 9.38. The van der Waals surface area contributed by atoms with Gasteiger partial charge in [0.1, 0.15) is 0 Å². The van der Waals surface area contributed by atoms with E-state index in [9.17, 15) is 5.11 Å². The second-order valence-electron chi connectivity index (χ2n) is 4.97. The Morgan fingerprint density at radius 3 is 2.20 bits per heavy atom. The molecule has 0 aromatic heterocycles. The van der Waals surface area contributed by atoms with Gasteiger partial charge in [-0.2, -0.15) is 0 Å². The number of aliphatic hydroxyl groups is 1. The van der Waals surface area contributed by atoms with Crippen LogP contribution in [0.4, 0.5) is 0 Å². The monoisotopic (exact) mass is 205 g/mol. The highest BCUT2D eigenvalue weighted by atomic mass is 16.3. The highest BCUT2D eigenvalue weighted by Crippen LogP contribution is 2.40. The molecular weight excluding hydrogens is 186 g/mol. The number of aliphatic hydroxyl groups excluding tert-OH is 1. The van der Waals surface area contributed by atoms with E-state index in [-0.39, 0.29) is 11.6 Å². The van der Waals surface area contributed by atoms with Gasteiger partial charge < -0.3 is 10.8 Å². The fourth-order valence-corrected chi connectivity index (χ4v) is 2.50. The van der Waals surface area contributed by atoms with Gasteiger partial charge in [0.25, 0.3) is 0 Å².